The molecule has 234 valence electrons. The maximum atomic E-state index is 12.5. The van der Waals surface area contributed by atoms with Gasteiger partial charge in [0.2, 0.25) is 11.8 Å². The molecule has 11 nitrogen and oxygen atoms in total. The molecule has 0 aliphatic carbocycles. The molecule has 0 spiro atoms. The van der Waals surface area contributed by atoms with Gasteiger partial charge in [-0.3, -0.25) is 24.0 Å². The summed E-state index contributed by atoms with van der Waals surface area (Å²) in [4.78, 5) is 59.2. The molecule has 0 aliphatic rings. The Morgan fingerprint density at radius 2 is 1.44 bits per heavy atom. The highest BCUT2D eigenvalue weighted by molar-refractivity contribution is 5.86. The molecule has 0 bridgehead atoms. The van der Waals surface area contributed by atoms with Crippen LogP contribution in [0.1, 0.15) is 72.1 Å². The van der Waals surface area contributed by atoms with Crippen LogP contribution in [0.2, 0.25) is 0 Å². The molecule has 2 aromatic carbocycles. The van der Waals surface area contributed by atoms with Crippen LogP contribution >= 0.6 is 0 Å². The van der Waals surface area contributed by atoms with Crippen molar-refractivity contribution >= 4 is 30.2 Å². The number of aldehydes is 2. The van der Waals surface area contributed by atoms with E-state index in [1.165, 1.54) is 14.2 Å². The van der Waals surface area contributed by atoms with Crippen molar-refractivity contribution in [2.75, 3.05) is 41.0 Å². The minimum absolute atomic E-state index is 0.0193. The molecule has 0 saturated heterocycles. The maximum Gasteiger partial charge on any atom is 0.223 e. The van der Waals surface area contributed by atoms with Crippen LogP contribution in [0.15, 0.2) is 36.4 Å². The molecule has 0 fully saturated rings. The van der Waals surface area contributed by atoms with Crippen molar-refractivity contribution in [2.45, 2.75) is 51.4 Å². The maximum absolute atomic E-state index is 12.5. The first-order valence-corrected chi connectivity index (χ1v) is 14.4. The van der Waals surface area contributed by atoms with E-state index in [9.17, 15) is 24.0 Å². The van der Waals surface area contributed by atoms with Crippen molar-refractivity contribution in [3.8, 4) is 23.0 Å². The number of hydrogen-bond donors (Lipinski definition) is 2. The second-order valence-corrected chi connectivity index (χ2v) is 9.85. The third-order valence-corrected chi connectivity index (χ3v) is 6.74. The minimum atomic E-state index is -0.428. The van der Waals surface area contributed by atoms with Gasteiger partial charge in [0.1, 0.15) is 28.8 Å². The first kappa shape index (κ1) is 34.8. The summed E-state index contributed by atoms with van der Waals surface area (Å²) >= 11 is 0. The normalized spacial score (nSPS) is 11.1. The number of carbonyl (C=O) groups excluding carboxylic acids is 5. The van der Waals surface area contributed by atoms with Gasteiger partial charge in [0.15, 0.2) is 12.6 Å². The third kappa shape index (κ3) is 12.6. The Bertz CT molecular complexity index is 1220. The van der Waals surface area contributed by atoms with Gasteiger partial charge in [-0.2, -0.15) is 0 Å². The van der Waals surface area contributed by atoms with Crippen LogP contribution in [0.25, 0.3) is 0 Å². The van der Waals surface area contributed by atoms with E-state index in [-0.39, 0.29) is 30.4 Å². The van der Waals surface area contributed by atoms with Crippen LogP contribution in [0.5, 0.6) is 23.0 Å². The molecule has 43 heavy (non-hydrogen) atoms. The Morgan fingerprint density at radius 1 is 0.791 bits per heavy atom. The van der Waals surface area contributed by atoms with Gasteiger partial charge in [0, 0.05) is 44.8 Å². The number of ketones is 1. The average molecular weight is 599 g/mol. The second-order valence-electron chi connectivity index (χ2n) is 9.85. The summed E-state index contributed by atoms with van der Waals surface area (Å²) in [5, 5.41) is 5.51. The number of amides is 2. The van der Waals surface area contributed by atoms with Gasteiger partial charge in [0.25, 0.3) is 0 Å². The molecule has 0 aliphatic heterocycles. The van der Waals surface area contributed by atoms with E-state index in [4.69, 9.17) is 18.9 Å². The smallest absolute Gasteiger partial charge is 0.223 e. The number of unbranched alkanes of at least 4 members (excludes halogenated alkanes) is 1. The third-order valence-electron chi connectivity index (χ3n) is 6.74. The Hall–Kier alpha value is -4.41. The largest absolute Gasteiger partial charge is 0.496 e. The van der Waals surface area contributed by atoms with E-state index in [0.29, 0.717) is 105 Å². The van der Waals surface area contributed by atoms with Gasteiger partial charge in [-0.1, -0.05) is 6.42 Å². The number of nitrogens with one attached hydrogen (secondary N) is 2. The molecular weight excluding hydrogens is 556 g/mol. The van der Waals surface area contributed by atoms with E-state index in [1.807, 2.05) is 0 Å². The molecule has 2 aromatic rings. The summed E-state index contributed by atoms with van der Waals surface area (Å²) in [6, 6.07) is 9.86. The fourth-order valence-electron chi connectivity index (χ4n) is 4.39. The fraction of sp³-hybridized carbons (Fsp3) is 0.469. The fourth-order valence-corrected chi connectivity index (χ4v) is 4.39. The first-order chi connectivity index (χ1) is 20.8. The van der Waals surface area contributed by atoms with Crippen LogP contribution in [-0.2, 0) is 14.4 Å². The highest BCUT2D eigenvalue weighted by Crippen LogP contribution is 2.24. The number of benzene rings is 2. The minimum Gasteiger partial charge on any atom is -0.496 e. The Morgan fingerprint density at radius 3 is 2.09 bits per heavy atom. The number of carbonyl (C=O) groups is 5. The van der Waals surface area contributed by atoms with Crippen LogP contribution in [0, 0.1) is 5.92 Å². The number of Topliss-reactive ketones (excluding diaryl/α,β-unsaturated/α-hetero) is 1. The summed E-state index contributed by atoms with van der Waals surface area (Å²) in [5.41, 5.74) is 0.821. The molecule has 1 unspecified atom stereocenters. The molecule has 0 radical (unpaired) electrons. The standard InChI is InChI=1S/C32H42N2O9/c1-33-32(39)23(18-26(37)9-6-16-42-27-13-14-29(40-2)25(19-27)22-36)8-4-5-15-34-31(38)10-7-17-43-28-12-11-24(21-35)30(20-28)41-3/h11-14,19-23H,4-10,15-18H2,1-3H3,(H,33,39)(H,34,38). The number of hydrogen-bond acceptors (Lipinski definition) is 9. The summed E-state index contributed by atoms with van der Waals surface area (Å²) < 4.78 is 21.5. The Labute approximate surface area is 252 Å². The number of ether oxygens (including phenoxy) is 4. The predicted molar refractivity (Wildman–Crippen MR) is 160 cm³/mol. The summed E-state index contributed by atoms with van der Waals surface area (Å²) in [6.07, 6.45) is 5.06. The van der Waals surface area contributed by atoms with Crippen molar-refractivity contribution in [2.24, 2.45) is 5.92 Å². The number of rotatable bonds is 22. The van der Waals surface area contributed by atoms with E-state index in [0.717, 1.165) is 0 Å². The molecule has 0 saturated carbocycles. The van der Waals surface area contributed by atoms with Crippen LogP contribution in [0.3, 0.4) is 0 Å². The zero-order valence-corrected chi connectivity index (χ0v) is 25.1. The second kappa shape index (κ2) is 19.7. The zero-order valence-electron chi connectivity index (χ0n) is 25.1. The lowest BCUT2D eigenvalue weighted by atomic mass is 9.93. The van der Waals surface area contributed by atoms with Crippen molar-refractivity contribution in [3.63, 3.8) is 0 Å². The topological polar surface area (TPSA) is 146 Å². The van der Waals surface area contributed by atoms with E-state index >= 15 is 0 Å². The van der Waals surface area contributed by atoms with Gasteiger partial charge in [-0.15, -0.1) is 0 Å². The summed E-state index contributed by atoms with van der Waals surface area (Å²) in [6.45, 7) is 1.12. The SMILES string of the molecule is CNC(=O)C(CCCCNC(=O)CCCOc1ccc(C=O)c(OC)c1)CC(=O)CCCOc1ccc(OC)c(C=O)c1. The Kier molecular flexibility index (Phi) is 15.9. The zero-order chi connectivity index (χ0) is 31.5. The molecule has 2 N–H and O–H groups in total. The first-order valence-electron chi connectivity index (χ1n) is 14.4. The number of methoxy groups -OCH3 is 2. The van der Waals surface area contributed by atoms with Gasteiger partial charge in [-0.25, -0.2) is 0 Å². The van der Waals surface area contributed by atoms with Gasteiger partial charge >= 0.3 is 0 Å². The van der Waals surface area contributed by atoms with Crippen molar-refractivity contribution in [3.05, 3.63) is 47.5 Å². The molecular formula is C32H42N2O9. The quantitative estimate of drug-likeness (QED) is 0.152. The van der Waals surface area contributed by atoms with Crippen molar-refractivity contribution in [1.82, 2.24) is 10.6 Å². The van der Waals surface area contributed by atoms with Crippen molar-refractivity contribution in [1.29, 1.82) is 0 Å². The average Bonchev–Trinajstić information content (AvgIpc) is 3.03. The summed E-state index contributed by atoms with van der Waals surface area (Å²) in [7, 11) is 4.51. The summed E-state index contributed by atoms with van der Waals surface area (Å²) in [5.74, 6) is 1.26. The van der Waals surface area contributed by atoms with Gasteiger partial charge < -0.3 is 29.6 Å². The highest BCUT2D eigenvalue weighted by Gasteiger charge is 2.20. The van der Waals surface area contributed by atoms with E-state index in [1.54, 1.807) is 43.4 Å². The molecule has 0 heterocycles. The van der Waals surface area contributed by atoms with Gasteiger partial charge in [-0.05, 0) is 56.0 Å². The molecule has 2 rings (SSSR count). The molecule has 11 heteroatoms. The molecule has 1 atom stereocenters. The highest BCUT2D eigenvalue weighted by atomic mass is 16.5. The lowest BCUT2D eigenvalue weighted by molar-refractivity contribution is -0.129. The van der Waals surface area contributed by atoms with Crippen molar-refractivity contribution < 1.29 is 42.9 Å². The van der Waals surface area contributed by atoms with Crippen LogP contribution in [0.4, 0.5) is 0 Å². The molecule has 2 amide bonds. The van der Waals surface area contributed by atoms with E-state index < -0.39 is 5.92 Å². The molecule has 0 aromatic heterocycles. The Balaban J connectivity index is 1.61. The van der Waals surface area contributed by atoms with Gasteiger partial charge in [0.05, 0.1) is 38.6 Å². The van der Waals surface area contributed by atoms with Crippen LogP contribution in [-0.4, -0.2) is 71.2 Å². The lowest BCUT2D eigenvalue weighted by Crippen LogP contribution is -2.29. The predicted octanol–water partition coefficient (Wildman–Crippen LogP) is 3.95. The monoisotopic (exact) mass is 598 g/mol. The van der Waals surface area contributed by atoms with E-state index in [2.05, 4.69) is 10.6 Å². The van der Waals surface area contributed by atoms with Crippen LogP contribution < -0.4 is 29.6 Å². The lowest BCUT2D eigenvalue weighted by Gasteiger charge is -2.15.